The lowest BCUT2D eigenvalue weighted by atomic mass is 10.1. The molecule has 0 saturated carbocycles. The van der Waals surface area contributed by atoms with E-state index in [9.17, 15) is 4.79 Å². The van der Waals surface area contributed by atoms with Gasteiger partial charge in [-0.05, 0) is 42.5 Å². The summed E-state index contributed by atoms with van der Waals surface area (Å²) < 4.78 is 16.9. The molecular weight excluding hydrogens is 426 g/mol. The van der Waals surface area contributed by atoms with Gasteiger partial charge in [0.15, 0.2) is 11.5 Å². The predicted molar refractivity (Wildman–Crippen MR) is 122 cm³/mol. The van der Waals surface area contributed by atoms with Crippen LogP contribution in [0.1, 0.15) is 21.7 Å². The van der Waals surface area contributed by atoms with Crippen molar-refractivity contribution in [1.82, 2.24) is 9.97 Å². The highest BCUT2D eigenvalue weighted by Crippen LogP contribution is 2.29. The average molecular weight is 448 g/mol. The number of anilines is 1. The first-order valence-electron chi connectivity index (χ1n) is 9.83. The van der Waals surface area contributed by atoms with Crippen LogP contribution in [0.4, 0.5) is 5.69 Å². The number of amides is 1. The van der Waals surface area contributed by atoms with Crippen LogP contribution in [0.15, 0.2) is 77.8 Å². The van der Waals surface area contributed by atoms with Gasteiger partial charge in [-0.15, -0.1) is 11.3 Å². The number of pyridine rings is 1. The minimum Gasteiger partial charge on any atom is -0.493 e. The van der Waals surface area contributed by atoms with Crippen molar-refractivity contribution in [2.75, 3.05) is 12.4 Å². The zero-order valence-corrected chi connectivity index (χ0v) is 18.2. The summed E-state index contributed by atoms with van der Waals surface area (Å²) in [6, 6.07) is 17.9. The Kier molecular flexibility index (Phi) is 6.94. The summed E-state index contributed by atoms with van der Waals surface area (Å²) in [5.74, 6) is 1.38. The number of methoxy groups -OCH3 is 1. The third-order valence-electron chi connectivity index (χ3n) is 4.49. The Morgan fingerprint density at radius 1 is 0.938 bits per heavy atom. The Morgan fingerprint density at radius 3 is 2.62 bits per heavy atom. The third kappa shape index (κ3) is 5.61. The SMILES string of the molecule is COc1cc(C(=O)Nc2cccc(OCc3ccccn3)c2)ccc1OCc1cscn1. The predicted octanol–water partition coefficient (Wildman–Crippen LogP) is 4.96. The molecule has 1 amide bonds. The van der Waals surface area contributed by atoms with Gasteiger partial charge < -0.3 is 19.5 Å². The quantitative estimate of drug-likeness (QED) is 0.391. The first-order valence-corrected chi connectivity index (χ1v) is 10.8. The van der Waals surface area contributed by atoms with Crippen LogP contribution in [0.3, 0.4) is 0 Å². The lowest BCUT2D eigenvalue weighted by Crippen LogP contribution is -2.12. The van der Waals surface area contributed by atoms with Crippen molar-refractivity contribution in [3.63, 3.8) is 0 Å². The van der Waals surface area contributed by atoms with Crippen LogP contribution < -0.4 is 19.5 Å². The molecule has 0 atom stereocenters. The van der Waals surface area contributed by atoms with E-state index in [4.69, 9.17) is 14.2 Å². The highest BCUT2D eigenvalue weighted by molar-refractivity contribution is 7.07. The maximum Gasteiger partial charge on any atom is 0.255 e. The fourth-order valence-corrected chi connectivity index (χ4v) is 3.44. The normalized spacial score (nSPS) is 10.4. The molecule has 0 saturated heterocycles. The van der Waals surface area contributed by atoms with E-state index >= 15 is 0 Å². The molecule has 1 N–H and O–H groups in total. The molecule has 2 aromatic heterocycles. The van der Waals surface area contributed by atoms with Gasteiger partial charge in [-0.2, -0.15) is 0 Å². The lowest BCUT2D eigenvalue weighted by Gasteiger charge is -2.12. The largest absolute Gasteiger partial charge is 0.493 e. The van der Waals surface area contributed by atoms with Crippen LogP contribution in [-0.4, -0.2) is 23.0 Å². The van der Waals surface area contributed by atoms with Crippen LogP contribution in [0.5, 0.6) is 17.2 Å². The van der Waals surface area contributed by atoms with Gasteiger partial charge in [0.2, 0.25) is 0 Å². The molecule has 2 heterocycles. The maximum atomic E-state index is 12.8. The van der Waals surface area contributed by atoms with Crippen molar-refractivity contribution in [3.05, 3.63) is 94.7 Å². The van der Waals surface area contributed by atoms with Crippen LogP contribution in [0.2, 0.25) is 0 Å². The van der Waals surface area contributed by atoms with Gasteiger partial charge in [0.1, 0.15) is 19.0 Å². The fourth-order valence-electron chi connectivity index (χ4n) is 2.90. The van der Waals surface area contributed by atoms with Crippen LogP contribution in [0.25, 0.3) is 0 Å². The number of aromatic nitrogens is 2. The minimum atomic E-state index is -0.267. The first kappa shape index (κ1) is 21.3. The van der Waals surface area contributed by atoms with Crippen LogP contribution >= 0.6 is 11.3 Å². The van der Waals surface area contributed by atoms with Gasteiger partial charge in [-0.1, -0.05) is 12.1 Å². The molecule has 8 heteroatoms. The van der Waals surface area contributed by atoms with Gasteiger partial charge in [-0.3, -0.25) is 9.78 Å². The number of carbonyl (C=O) groups is 1. The average Bonchev–Trinajstić information content (AvgIpc) is 3.36. The van der Waals surface area contributed by atoms with Crippen LogP contribution in [-0.2, 0) is 13.2 Å². The van der Waals surface area contributed by atoms with Gasteiger partial charge in [0.25, 0.3) is 5.91 Å². The summed E-state index contributed by atoms with van der Waals surface area (Å²) in [6.45, 7) is 0.675. The summed E-state index contributed by atoms with van der Waals surface area (Å²) >= 11 is 1.51. The number of benzene rings is 2. The summed E-state index contributed by atoms with van der Waals surface area (Å²) in [5, 5.41) is 4.80. The molecule has 4 rings (SSSR count). The second-order valence-electron chi connectivity index (χ2n) is 6.73. The topological polar surface area (TPSA) is 82.6 Å². The number of nitrogens with zero attached hydrogens (tertiary/aromatic N) is 2. The Morgan fingerprint density at radius 2 is 1.84 bits per heavy atom. The highest BCUT2D eigenvalue weighted by atomic mass is 32.1. The number of hydrogen-bond acceptors (Lipinski definition) is 7. The molecule has 0 bridgehead atoms. The molecule has 0 aliphatic rings. The molecule has 7 nitrogen and oxygen atoms in total. The Labute approximate surface area is 189 Å². The lowest BCUT2D eigenvalue weighted by molar-refractivity contribution is 0.102. The summed E-state index contributed by atoms with van der Waals surface area (Å²) in [4.78, 5) is 21.2. The van der Waals surface area contributed by atoms with Crippen molar-refractivity contribution in [2.45, 2.75) is 13.2 Å². The zero-order valence-electron chi connectivity index (χ0n) is 17.4. The van der Waals surface area contributed by atoms with Gasteiger partial charge in [0, 0.05) is 28.9 Å². The van der Waals surface area contributed by atoms with Crippen molar-refractivity contribution >= 4 is 22.9 Å². The molecule has 0 aliphatic heterocycles. The monoisotopic (exact) mass is 447 g/mol. The number of thiazole rings is 1. The number of carbonyl (C=O) groups excluding carboxylic acids is 1. The second-order valence-corrected chi connectivity index (χ2v) is 7.44. The second kappa shape index (κ2) is 10.4. The van der Waals surface area contributed by atoms with E-state index in [1.54, 1.807) is 42.0 Å². The molecule has 0 radical (unpaired) electrons. The van der Waals surface area contributed by atoms with Gasteiger partial charge in [0.05, 0.1) is 24.0 Å². The molecule has 162 valence electrons. The number of ether oxygens (including phenoxy) is 3. The fraction of sp³-hybridized carbons (Fsp3) is 0.125. The van der Waals surface area contributed by atoms with E-state index in [0.29, 0.717) is 41.7 Å². The van der Waals surface area contributed by atoms with Gasteiger partial charge >= 0.3 is 0 Å². The number of hydrogen-bond donors (Lipinski definition) is 1. The Balaban J connectivity index is 1.39. The molecule has 4 aromatic rings. The minimum absolute atomic E-state index is 0.267. The molecule has 0 spiro atoms. The van der Waals surface area contributed by atoms with Crippen molar-refractivity contribution in [3.8, 4) is 17.2 Å². The first-order chi connectivity index (χ1) is 15.7. The van der Waals surface area contributed by atoms with E-state index in [-0.39, 0.29) is 5.91 Å². The number of nitrogens with one attached hydrogen (secondary N) is 1. The smallest absolute Gasteiger partial charge is 0.255 e. The van der Waals surface area contributed by atoms with Crippen LogP contribution in [0, 0.1) is 0 Å². The van der Waals surface area contributed by atoms with E-state index < -0.39 is 0 Å². The maximum absolute atomic E-state index is 12.8. The van der Waals surface area contributed by atoms with Crippen molar-refractivity contribution in [2.24, 2.45) is 0 Å². The molecule has 32 heavy (non-hydrogen) atoms. The molecular formula is C24H21N3O4S. The Hall–Kier alpha value is -3.91. The molecule has 0 unspecified atom stereocenters. The third-order valence-corrected chi connectivity index (χ3v) is 5.12. The van der Waals surface area contributed by atoms with E-state index in [1.165, 1.54) is 18.4 Å². The highest BCUT2D eigenvalue weighted by Gasteiger charge is 2.12. The number of rotatable bonds is 9. The van der Waals surface area contributed by atoms with E-state index in [1.807, 2.05) is 35.7 Å². The van der Waals surface area contributed by atoms with E-state index in [0.717, 1.165) is 11.4 Å². The van der Waals surface area contributed by atoms with Gasteiger partial charge in [-0.25, -0.2) is 4.98 Å². The summed E-state index contributed by atoms with van der Waals surface area (Å²) in [5.41, 5.74) is 4.48. The van der Waals surface area contributed by atoms with Crippen molar-refractivity contribution in [1.29, 1.82) is 0 Å². The Bertz CT molecular complexity index is 1170. The molecule has 2 aromatic carbocycles. The molecule has 0 fully saturated rings. The van der Waals surface area contributed by atoms with Crippen molar-refractivity contribution < 1.29 is 19.0 Å². The summed E-state index contributed by atoms with van der Waals surface area (Å²) in [6.07, 6.45) is 1.72. The zero-order chi connectivity index (χ0) is 22.2. The summed E-state index contributed by atoms with van der Waals surface area (Å²) in [7, 11) is 1.54. The standard InChI is InChI=1S/C24H21N3O4S/c1-29-23-11-17(8-9-22(23)31-14-20-15-32-16-26-20)24(28)27-18-6-4-7-21(12-18)30-13-19-5-2-3-10-25-19/h2-12,15-16H,13-14H2,1H3,(H,27,28). The molecule has 0 aliphatic carbocycles. The van der Waals surface area contributed by atoms with E-state index in [2.05, 4.69) is 15.3 Å².